The van der Waals surface area contributed by atoms with Crippen LogP contribution in [0.1, 0.15) is 6.92 Å². The molecule has 0 aromatic rings. The number of aliphatic hydroxyl groups is 2. The van der Waals surface area contributed by atoms with Gasteiger partial charge in [0.2, 0.25) is 0 Å². The third-order valence-corrected chi connectivity index (χ3v) is 1.44. The number of aliphatic hydroxyl groups excluding tert-OH is 2. The van der Waals surface area contributed by atoms with Crippen LogP contribution in [0, 0.1) is 0 Å². The van der Waals surface area contributed by atoms with Crippen molar-refractivity contribution in [2.75, 3.05) is 6.61 Å². The molecule has 0 rings (SSSR count). The lowest BCUT2D eigenvalue weighted by atomic mass is 10.3. The first kappa shape index (κ1) is 12.1. The minimum Gasteiger partial charge on any atom is -0.506 e. The molecule has 0 aliphatic carbocycles. The number of carbonyl (C=O) groups excluding carboxylic acids is 1. The van der Waals surface area contributed by atoms with E-state index >= 15 is 0 Å². The summed E-state index contributed by atoms with van der Waals surface area (Å²) in [6.45, 7) is 0.0543. The summed E-state index contributed by atoms with van der Waals surface area (Å²) < 4.78 is 13.9. The normalized spacial score (nSPS) is 13.8. The van der Waals surface area contributed by atoms with Crippen molar-refractivity contribution >= 4 is 13.6 Å². The maximum atomic E-state index is 10.4. The fourth-order valence-corrected chi connectivity index (χ4v) is 0.707. The molecular weight excluding hydrogens is 203 g/mol. The van der Waals surface area contributed by atoms with Gasteiger partial charge < -0.3 is 20.0 Å². The van der Waals surface area contributed by atoms with E-state index in [-0.39, 0.29) is 0 Å². The van der Waals surface area contributed by atoms with Gasteiger partial charge in [-0.25, -0.2) is 4.57 Å². The molecular formula is C5H9O7P. The van der Waals surface area contributed by atoms with Crippen molar-refractivity contribution in [3.05, 3.63) is 11.5 Å². The number of carbonyl (C=O) groups is 1. The lowest BCUT2D eigenvalue weighted by molar-refractivity contribution is -0.116. The van der Waals surface area contributed by atoms with E-state index in [9.17, 15) is 9.36 Å². The molecule has 0 radical (unpaired) electrons. The SMILES string of the molecule is CC(=O)/C(O)=C(\O)COP(=O)(O)O. The van der Waals surface area contributed by atoms with Gasteiger partial charge in [-0.1, -0.05) is 0 Å². The van der Waals surface area contributed by atoms with Gasteiger partial charge >= 0.3 is 7.82 Å². The molecule has 0 spiro atoms. The Balaban J connectivity index is 4.31. The van der Waals surface area contributed by atoms with E-state index in [1.54, 1.807) is 0 Å². The lowest BCUT2D eigenvalue weighted by Gasteiger charge is -2.04. The Kier molecular flexibility index (Phi) is 4.09. The first-order valence-electron chi connectivity index (χ1n) is 3.06. The molecule has 0 bridgehead atoms. The molecule has 76 valence electrons. The number of hydrogen-bond donors (Lipinski definition) is 4. The van der Waals surface area contributed by atoms with Crippen LogP contribution in [0.2, 0.25) is 0 Å². The van der Waals surface area contributed by atoms with Crippen LogP contribution in [0.3, 0.4) is 0 Å². The van der Waals surface area contributed by atoms with Crippen molar-refractivity contribution in [2.45, 2.75) is 6.92 Å². The molecule has 8 heteroatoms. The number of phosphoric ester groups is 1. The van der Waals surface area contributed by atoms with Gasteiger partial charge in [0.1, 0.15) is 6.61 Å². The molecule has 0 atom stereocenters. The first-order valence-corrected chi connectivity index (χ1v) is 4.59. The number of allylic oxidation sites excluding steroid dienone is 1. The predicted octanol–water partition coefficient (Wildman–Crippen LogP) is 0.0123. The van der Waals surface area contributed by atoms with Crippen molar-refractivity contribution in [1.29, 1.82) is 0 Å². The van der Waals surface area contributed by atoms with E-state index < -0.39 is 31.7 Å². The second kappa shape index (κ2) is 4.38. The second-order valence-electron chi connectivity index (χ2n) is 2.12. The average molecular weight is 212 g/mol. The predicted molar refractivity (Wildman–Crippen MR) is 41.0 cm³/mol. The maximum Gasteiger partial charge on any atom is 0.470 e. The summed E-state index contributed by atoms with van der Waals surface area (Å²) in [5.41, 5.74) is 0. The molecule has 0 amide bonds. The van der Waals surface area contributed by atoms with Gasteiger partial charge in [-0.05, 0) is 0 Å². The van der Waals surface area contributed by atoms with E-state index in [1.165, 1.54) is 0 Å². The van der Waals surface area contributed by atoms with Gasteiger partial charge in [-0.2, -0.15) is 0 Å². The minimum atomic E-state index is -4.71. The summed E-state index contributed by atoms with van der Waals surface area (Å²) in [4.78, 5) is 26.7. The number of rotatable bonds is 4. The van der Waals surface area contributed by atoms with Crippen LogP contribution in [0.5, 0.6) is 0 Å². The maximum absolute atomic E-state index is 10.4. The zero-order valence-electron chi connectivity index (χ0n) is 6.67. The highest BCUT2D eigenvalue weighted by Crippen LogP contribution is 2.36. The van der Waals surface area contributed by atoms with Crippen molar-refractivity contribution in [3.63, 3.8) is 0 Å². The van der Waals surface area contributed by atoms with E-state index in [0.29, 0.717) is 0 Å². The fraction of sp³-hybridized carbons (Fsp3) is 0.400. The largest absolute Gasteiger partial charge is 0.506 e. The van der Waals surface area contributed by atoms with Crippen molar-refractivity contribution < 1.29 is 33.9 Å². The highest BCUT2D eigenvalue weighted by atomic mass is 31.2. The highest BCUT2D eigenvalue weighted by molar-refractivity contribution is 7.46. The number of phosphoric acid groups is 1. The summed E-state index contributed by atoms with van der Waals surface area (Å²) in [5.74, 6) is -2.73. The molecule has 0 heterocycles. The molecule has 0 saturated carbocycles. The van der Waals surface area contributed by atoms with Crippen molar-refractivity contribution in [2.24, 2.45) is 0 Å². The average Bonchev–Trinajstić information content (AvgIpc) is 1.97. The van der Waals surface area contributed by atoms with E-state index in [2.05, 4.69) is 4.52 Å². The Labute approximate surface area is 73.5 Å². The van der Waals surface area contributed by atoms with Gasteiger partial charge in [0, 0.05) is 6.92 Å². The molecule has 0 aromatic carbocycles. The summed E-state index contributed by atoms with van der Waals surface area (Å²) in [6.07, 6.45) is 0. The van der Waals surface area contributed by atoms with Crippen LogP contribution in [-0.2, 0) is 13.9 Å². The smallest absolute Gasteiger partial charge is 0.470 e. The third-order valence-electron chi connectivity index (χ3n) is 0.976. The van der Waals surface area contributed by atoms with Crippen LogP contribution < -0.4 is 0 Å². The van der Waals surface area contributed by atoms with Crippen LogP contribution in [-0.4, -0.2) is 32.4 Å². The molecule has 0 aliphatic rings. The quantitative estimate of drug-likeness (QED) is 0.294. The molecule has 4 N–H and O–H groups in total. The second-order valence-corrected chi connectivity index (χ2v) is 3.35. The Hall–Kier alpha value is -0.880. The Morgan fingerprint density at radius 1 is 1.38 bits per heavy atom. The van der Waals surface area contributed by atoms with Gasteiger partial charge in [0.05, 0.1) is 0 Å². The van der Waals surface area contributed by atoms with Gasteiger partial charge in [-0.3, -0.25) is 9.32 Å². The zero-order valence-corrected chi connectivity index (χ0v) is 7.56. The van der Waals surface area contributed by atoms with Crippen LogP contribution >= 0.6 is 7.82 Å². The van der Waals surface area contributed by atoms with E-state index in [1.807, 2.05) is 0 Å². The summed E-state index contributed by atoms with van der Waals surface area (Å²) in [6, 6.07) is 0. The highest BCUT2D eigenvalue weighted by Gasteiger charge is 2.17. The monoisotopic (exact) mass is 212 g/mol. The summed E-state index contributed by atoms with van der Waals surface area (Å²) >= 11 is 0. The third kappa shape index (κ3) is 5.37. The standard InChI is InChI=1S/C5H9O7P/c1-3(6)5(8)4(7)2-12-13(9,10)11/h7-8H,2H2,1H3,(H2,9,10,11)/b5-4+. The molecule has 0 saturated heterocycles. The Morgan fingerprint density at radius 2 is 1.85 bits per heavy atom. The topological polar surface area (TPSA) is 124 Å². The van der Waals surface area contributed by atoms with E-state index in [0.717, 1.165) is 6.92 Å². The van der Waals surface area contributed by atoms with Crippen LogP contribution in [0.25, 0.3) is 0 Å². The minimum absolute atomic E-state index is 0.827. The number of Topliss-reactive ketones (excluding diaryl/α,β-unsaturated/α-hetero) is 1. The van der Waals surface area contributed by atoms with Gasteiger partial charge in [0.25, 0.3) is 0 Å². The number of ketones is 1. The van der Waals surface area contributed by atoms with Gasteiger partial charge in [0.15, 0.2) is 17.3 Å². The molecule has 0 aliphatic heterocycles. The summed E-state index contributed by atoms with van der Waals surface area (Å²) in [5, 5.41) is 17.5. The van der Waals surface area contributed by atoms with Crippen molar-refractivity contribution in [1.82, 2.24) is 0 Å². The first-order chi connectivity index (χ1) is 5.74. The van der Waals surface area contributed by atoms with Gasteiger partial charge in [-0.15, -0.1) is 0 Å². The summed E-state index contributed by atoms with van der Waals surface area (Å²) in [7, 11) is -4.71. The fourth-order valence-electron chi connectivity index (χ4n) is 0.417. The Bertz CT molecular complexity index is 275. The Morgan fingerprint density at radius 3 is 2.15 bits per heavy atom. The van der Waals surface area contributed by atoms with E-state index in [4.69, 9.17) is 20.0 Å². The lowest BCUT2D eigenvalue weighted by Crippen LogP contribution is -2.05. The molecule has 13 heavy (non-hydrogen) atoms. The molecule has 0 aromatic heterocycles. The molecule has 0 fully saturated rings. The van der Waals surface area contributed by atoms with Crippen LogP contribution in [0.15, 0.2) is 11.5 Å². The zero-order chi connectivity index (χ0) is 10.6. The van der Waals surface area contributed by atoms with Crippen LogP contribution in [0.4, 0.5) is 0 Å². The molecule has 7 nitrogen and oxygen atoms in total. The van der Waals surface area contributed by atoms with Crippen molar-refractivity contribution in [3.8, 4) is 0 Å². The number of hydrogen-bond acceptors (Lipinski definition) is 5. The molecule has 0 unspecified atom stereocenters.